The number of rotatable bonds is 4. The maximum absolute atomic E-state index is 13.0. The molecule has 2 heterocycles. The second-order valence-corrected chi connectivity index (χ2v) is 7.38. The van der Waals surface area contributed by atoms with Crippen LogP contribution in [0.3, 0.4) is 0 Å². The van der Waals surface area contributed by atoms with E-state index in [1.54, 1.807) is 0 Å². The predicted octanol–water partition coefficient (Wildman–Crippen LogP) is 1.71. The van der Waals surface area contributed by atoms with Crippen molar-refractivity contribution in [2.24, 2.45) is 0 Å². The zero-order valence-electron chi connectivity index (χ0n) is 13.3. The van der Waals surface area contributed by atoms with E-state index in [-0.39, 0.29) is 11.4 Å². The molecule has 0 aliphatic carbocycles. The third-order valence-electron chi connectivity index (χ3n) is 3.78. The Labute approximate surface area is 147 Å². The summed E-state index contributed by atoms with van der Waals surface area (Å²) in [5.74, 6) is -0.484. The van der Waals surface area contributed by atoms with Crippen molar-refractivity contribution < 1.29 is 26.3 Å². The minimum atomic E-state index is -4.84. The molecule has 7 nitrogen and oxygen atoms in total. The number of hydrogen-bond acceptors (Lipinski definition) is 6. The largest absolute Gasteiger partial charge is 0.573 e. The van der Waals surface area contributed by atoms with E-state index >= 15 is 0 Å². The van der Waals surface area contributed by atoms with Gasteiger partial charge in [0.2, 0.25) is 10.0 Å². The van der Waals surface area contributed by atoms with Gasteiger partial charge in [-0.2, -0.15) is 4.31 Å². The fourth-order valence-corrected chi connectivity index (χ4v) is 4.26. The van der Waals surface area contributed by atoms with Crippen LogP contribution in [0.4, 0.5) is 13.2 Å². The lowest BCUT2D eigenvalue weighted by Gasteiger charge is -2.34. The van der Waals surface area contributed by atoms with Gasteiger partial charge in [-0.3, -0.25) is 9.97 Å². The maximum Gasteiger partial charge on any atom is 0.573 e. The molecule has 0 amide bonds. The van der Waals surface area contributed by atoms with Crippen molar-refractivity contribution in [3.8, 4) is 5.75 Å². The highest BCUT2D eigenvalue weighted by Gasteiger charge is 2.36. The first-order valence-corrected chi connectivity index (χ1v) is 9.06. The Morgan fingerprint density at radius 1 is 1.19 bits per heavy atom. The Balaban J connectivity index is 1.88. The molecule has 3 rings (SSSR count). The molecule has 1 aromatic carbocycles. The van der Waals surface area contributed by atoms with Gasteiger partial charge in [0.05, 0.1) is 22.8 Å². The minimum absolute atomic E-state index is 0.122. The highest BCUT2D eigenvalue weighted by atomic mass is 32.2. The van der Waals surface area contributed by atoms with Gasteiger partial charge in [0.15, 0.2) is 0 Å². The summed E-state index contributed by atoms with van der Waals surface area (Å²) in [6, 6.07) is 3.56. The van der Waals surface area contributed by atoms with Crippen LogP contribution in [0.2, 0.25) is 0 Å². The van der Waals surface area contributed by atoms with Gasteiger partial charge in [0.25, 0.3) is 0 Å². The van der Waals surface area contributed by atoms with Crippen LogP contribution in [0.5, 0.6) is 5.75 Å². The lowest BCUT2D eigenvalue weighted by Crippen LogP contribution is -2.48. The summed E-state index contributed by atoms with van der Waals surface area (Å²) in [5, 5.41) is 3.10. The summed E-state index contributed by atoms with van der Waals surface area (Å²) >= 11 is 0. The molecule has 1 unspecified atom stereocenters. The van der Waals surface area contributed by atoms with Crippen molar-refractivity contribution in [2.45, 2.75) is 17.3 Å². The van der Waals surface area contributed by atoms with Crippen molar-refractivity contribution in [3.05, 3.63) is 48.5 Å². The van der Waals surface area contributed by atoms with E-state index in [0.717, 1.165) is 24.3 Å². The number of alkyl halides is 3. The molecular formula is C15H15F3N4O3S. The Kier molecular flexibility index (Phi) is 5.12. The number of halogens is 3. The van der Waals surface area contributed by atoms with Crippen molar-refractivity contribution >= 4 is 10.0 Å². The molecule has 1 N–H and O–H groups in total. The van der Waals surface area contributed by atoms with Crippen LogP contribution in [-0.4, -0.2) is 48.7 Å². The predicted molar refractivity (Wildman–Crippen MR) is 84.7 cm³/mol. The summed E-state index contributed by atoms with van der Waals surface area (Å²) in [6.07, 6.45) is -0.396. The SMILES string of the molecule is O=S(=O)(c1ccc(OC(F)(F)F)cc1)N1CCNCC1c1cnccn1. The normalized spacial score (nSPS) is 19.3. The van der Waals surface area contributed by atoms with E-state index in [0.29, 0.717) is 18.8 Å². The molecule has 26 heavy (non-hydrogen) atoms. The third kappa shape index (κ3) is 4.11. The Morgan fingerprint density at radius 2 is 1.92 bits per heavy atom. The number of hydrogen-bond donors (Lipinski definition) is 1. The molecule has 1 fully saturated rings. The molecule has 0 spiro atoms. The van der Waals surface area contributed by atoms with E-state index < -0.39 is 28.2 Å². The number of sulfonamides is 1. The monoisotopic (exact) mass is 388 g/mol. The Bertz CT molecular complexity index is 845. The fraction of sp³-hybridized carbons (Fsp3) is 0.333. The van der Waals surface area contributed by atoms with Crippen molar-refractivity contribution in [1.82, 2.24) is 19.6 Å². The van der Waals surface area contributed by atoms with E-state index in [1.165, 1.54) is 22.9 Å². The first-order valence-electron chi connectivity index (χ1n) is 7.62. The number of piperazine rings is 1. The zero-order valence-corrected chi connectivity index (χ0v) is 14.2. The summed E-state index contributed by atoms with van der Waals surface area (Å²) in [6.45, 7) is 1.00. The van der Waals surface area contributed by atoms with Gasteiger partial charge in [-0.15, -0.1) is 13.2 Å². The van der Waals surface area contributed by atoms with Gasteiger partial charge >= 0.3 is 6.36 Å². The van der Waals surface area contributed by atoms with E-state index in [4.69, 9.17) is 0 Å². The molecule has 2 aromatic rings. The van der Waals surface area contributed by atoms with Crippen LogP contribution in [0, 0.1) is 0 Å². The molecule has 140 valence electrons. The maximum atomic E-state index is 13.0. The first-order chi connectivity index (χ1) is 12.3. The molecule has 1 atom stereocenters. The number of benzene rings is 1. The van der Waals surface area contributed by atoms with Crippen LogP contribution < -0.4 is 10.1 Å². The molecule has 1 aliphatic heterocycles. The summed E-state index contributed by atoms with van der Waals surface area (Å²) in [5.41, 5.74) is 0.486. The van der Waals surface area contributed by atoms with Gasteiger partial charge in [0.1, 0.15) is 5.75 Å². The molecule has 1 saturated heterocycles. The number of aromatic nitrogens is 2. The molecule has 0 saturated carbocycles. The van der Waals surface area contributed by atoms with Gasteiger partial charge in [-0.1, -0.05) is 0 Å². The molecule has 11 heteroatoms. The molecule has 1 aliphatic rings. The molecule has 0 bridgehead atoms. The van der Waals surface area contributed by atoms with E-state index in [2.05, 4.69) is 20.0 Å². The molecule has 1 aromatic heterocycles. The average molecular weight is 388 g/mol. The second-order valence-electron chi connectivity index (χ2n) is 5.49. The van der Waals surface area contributed by atoms with Crippen molar-refractivity contribution in [2.75, 3.05) is 19.6 Å². The van der Waals surface area contributed by atoms with Crippen LogP contribution in [0.1, 0.15) is 11.7 Å². The summed E-state index contributed by atoms with van der Waals surface area (Å²) in [4.78, 5) is 8.00. The van der Waals surface area contributed by atoms with Gasteiger partial charge in [0, 0.05) is 32.0 Å². The average Bonchev–Trinajstić information content (AvgIpc) is 2.61. The second kappa shape index (κ2) is 7.17. The number of nitrogens with one attached hydrogen (secondary N) is 1. The summed E-state index contributed by atoms with van der Waals surface area (Å²) < 4.78 is 67.7. The van der Waals surface area contributed by atoms with Crippen LogP contribution in [0.15, 0.2) is 47.8 Å². The first kappa shape index (κ1) is 18.5. The van der Waals surface area contributed by atoms with Gasteiger partial charge in [-0.05, 0) is 24.3 Å². The van der Waals surface area contributed by atoms with Crippen LogP contribution in [0.25, 0.3) is 0 Å². The zero-order chi connectivity index (χ0) is 18.8. The smallest absolute Gasteiger partial charge is 0.406 e. The lowest BCUT2D eigenvalue weighted by atomic mass is 10.2. The van der Waals surface area contributed by atoms with Crippen LogP contribution >= 0.6 is 0 Å². The number of nitrogens with zero attached hydrogens (tertiary/aromatic N) is 3. The standard InChI is InChI=1S/C15H15F3N4O3S/c16-15(17,18)25-11-1-3-12(4-2-11)26(23,24)22-8-7-20-10-14(22)13-9-19-5-6-21-13/h1-6,9,14,20H,7-8,10H2. The van der Waals surface area contributed by atoms with E-state index in [1.807, 2.05) is 0 Å². The molecular weight excluding hydrogens is 373 g/mol. The highest BCUT2D eigenvalue weighted by Crippen LogP contribution is 2.29. The Hall–Kier alpha value is -2.24. The van der Waals surface area contributed by atoms with Crippen molar-refractivity contribution in [1.29, 1.82) is 0 Å². The third-order valence-corrected chi connectivity index (χ3v) is 5.71. The Morgan fingerprint density at radius 3 is 2.54 bits per heavy atom. The van der Waals surface area contributed by atoms with Crippen molar-refractivity contribution in [3.63, 3.8) is 0 Å². The number of ether oxygens (including phenoxy) is 1. The lowest BCUT2D eigenvalue weighted by molar-refractivity contribution is -0.274. The molecule has 0 radical (unpaired) electrons. The van der Waals surface area contributed by atoms with Crippen LogP contribution in [-0.2, 0) is 10.0 Å². The minimum Gasteiger partial charge on any atom is -0.406 e. The topological polar surface area (TPSA) is 84.4 Å². The van der Waals surface area contributed by atoms with Gasteiger partial charge in [-0.25, -0.2) is 8.42 Å². The highest BCUT2D eigenvalue weighted by molar-refractivity contribution is 7.89. The quantitative estimate of drug-likeness (QED) is 0.859. The summed E-state index contributed by atoms with van der Waals surface area (Å²) in [7, 11) is -3.93. The van der Waals surface area contributed by atoms with E-state index in [9.17, 15) is 21.6 Å². The van der Waals surface area contributed by atoms with Gasteiger partial charge < -0.3 is 10.1 Å². The fourth-order valence-electron chi connectivity index (χ4n) is 2.66.